The minimum atomic E-state index is -0.945. The van der Waals surface area contributed by atoms with Crippen molar-refractivity contribution in [2.75, 3.05) is 20.2 Å². The van der Waals surface area contributed by atoms with Crippen molar-refractivity contribution in [3.8, 4) is 5.75 Å². The molecule has 3 fully saturated rings. The van der Waals surface area contributed by atoms with E-state index < -0.39 is 17.3 Å². The Hall–Kier alpha value is -3.20. The highest BCUT2D eigenvalue weighted by atomic mass is 32.2. The zero-order valence-electron chi connectivity index (χ0n) is 22.4. The Morgan fingerprint density at radius 2 is 2.00 bits per heavy atom. The molecule has 6 atom stereocenters. The van der Waals surface area contributed by atoms with E-state index in [-0.39, 0.29) is 11.2 Å². The van der Waals surface area contributed by atoms with E-state index >= 15 is 0 Å². The third-order valence-electron chi connectivity index (χ3n) is 7.67. The van der Waals surface area contributed by atoms with E-state index in [4.69, 9.17) is 9.84 Å². The lowest BCUT2D eigenvalue weighted by molar-refractivity contribution is -0.136. The lowest BCUT2D eigenvalue weighted by atomic mass is 9.73. The molecule has 0 saturated carbocycles. The monoisotopic (exact) mass is 548 g/mol. The minimum absolute atomic E-state index is 0.168. The highest BCUT2D eigenvalue weighted by Crippen LogP contribution is 2.42. The van der Waals surface area contributed by atoms with Crippen LogP contribution in [0.5, 0.6) is 5.75 Å². The normalized spacial score (nSPS) is 23.3. The van der Waals surface area contributed by atoms with E-state index in [0.717, 1.165) is 59.1 Å². The Balaban J connectivity index is 0.000000204. The number of carbonyl (C=O) groups is 2. The third-order valence-corrected chi connectivity index (χ3v) is 8.65. The van der Waals surface area contributed by atoms with Crippen molar-refractivity contribution >= 4 is 33.7 Å². The Labute approximate surface area is 233 Å². The number of aromatic nitrogens is 1. The van der Waals surface area contributed by atoms with E-state index in [1.807, 2.05) is 54.6 Å². The van der Waals surface area contributed by atoms with E-state index in [2.05, 4.69) is 22.5 Å². The number of fused-ring (bicyclic) bond motifs is 4. The summed E-state index contributed by atoms with van der Waals surface area (Å²) in [6.07, 6.45) is 6.00. The van der Waals surface area contributed by atoms with Gasteiger partial charge in [0.15, 0.2) is 5.12 Å². The minimum Gasteiger partial charge on any atom is -0.497 e. The molecule has 3 saturated heterocycles. The van der Waals surface area contributed by atoms with Crippen LogP contribution < -0.4 is 4.74 Å². The number of carbonyl (C=O) groups excluding carboxylic acids is 1. The number of pyridine rings is 1. The van der Waals surface area contributed by atoms with Crippen molar-refractivity contribution < 1.29 is 24.5 Å². The zero-order chi connectivity index (χ0) is 27.9. The van der Waals surface area contributed by atoms with Crippen molar-refractivity contribution in [3.63, 3.8) is 0 Å². The van der Waals surface area contributed by atoms with Gasteiger partial charge in [-0.1, -0.05) is 48.2 Å². The van der Waals surface area contributed by atoms with Crippen molar-refractivity contribution in [3.05, 3.63) is 84.6 Å². The number of carboxylic acid groups (broad SMARTS) is 1. The third kappa shape index (κ3) is 7.06. The molecule has 206 valence electrons. The highest BCUT2D eigenvalue weighted by molar-refractivity contribution is 8.14. The van der Waals surface area contributed by atoms with Crippen molar-refractivity contribution in [2.45, 2.75) is 43.6 Å². The van der Waals surface area contributed by atoms with Crippen LogP contribution in [0, 0.1) is 11.8 Å². The Kier molecular flexibility index (Phi) is 9.78. The highest BCUT2D eigenvalue weighted by Gasteiger charge is 2.42. The van der Waals surface area contributed by atoms with Crippen LogP contribution in [-0.2, 0) is 16.0 Å². The number of aliphatic hydroxyl groups is 1. The van der Waals surface area contributed by atoms with E-state index in [1.165, 1.54) is 13.3 Å². The van der Waals surface area contributed by atoms with Gasteiger partial charge in [-0.15, -0.1) is 6.58 Å². The van der Waals surface area contributed by atoms with Gasteiger partial charge in [0, 0.05) is 31.1 Å². The molecule has 8 heteroatoms. The first kappa shape index (κ1) is 28.8. The van der Waals surface area contributed by atoms with Gasteiger partial charge in [0.25, 0.3) is 0 Å². The molecule has 6 rings (SSSR count). The summed E-state index contributed by atoms with van der Waals surface area (Å²) in [7, 11) is 1.66. The molecule has 7 nitrogen and oxygen atoms in total. The molecule has 2 aromatic carbocycles. The molecule has 0 spiro atoms. The average Bonchev–Trinajstić information content (AvgIpc) is 2.96. The molecule has 2 N–H and O–H groups in total. The van der Waals surface area contributed by atoms with Crippen LogP contribution in [0.2, 0.25) is 0 Å². The number of rotatable bonds is 8. The predicted molar refractivity (Wildman–Crippen MR) is 155 cm³/mol. The number of benzene rings is 2. The number of carboxylic acids is 1. The molecule has 3 aliphatic rings. The first-order valence-corrected chi connectivity index (χ1v) is 14.1. The molecule has 1 unspecified atom stereocenters. The van der Waals surface area contributed by atoms with Crippen molar-refractivity contribution in [1.82, 2.24) is 9.88 Å². The van der Waals surface area contributed by atoms with Gasteiger partial charge in [-0.3, -0.25) is 19.5 Å². The maximum atomic E-state index is 11.2. The van der Waals surface area contributed by atoms with Crippen LogP contribution in [0.4, 0.5) is 0 Å². The quantitative estimate of drug-likeness (QED) is 0.374. The number of aliphatic carboxylic acids is 1. The van der Waals surface area contributed by atoms with Crippen molar-refractivity contribution in [2.24, 2.45) is 11.8 Å². The summed E-state index contributed by atoms with van der Waals surface area (Å²) < 4.78 is 5.35. The number of aliphatic hydroxyl groups excluding tert-OH is 1. The largest absolute Gasteiger partial charge is 0.497 e. The van der Waals surface area contributed by atoms with Crippen LogP contribution in [0.15, 0.2) is 73.4 Å². The van der Waals surface area contributed by atoms with Crippen molar-refractivity contribution in [1.29, 1.82) is 0 Å². The number of hydrogen-bond acceptors (Lipinski definition) is 7. The molecular formula is C31H36N2O5S. The number of piperidine rings is 3. The average molecular weight is 549 g/mol. The van der Waals surface area contributed by atoms with Crippen LogP contribution >= 0.6 is 11.8 Å². The predicted octanol–water partition coefficient (Wildman–Crippen LogP) is 5.14. The van der Waals surface area contributed by atoms with Gasteiger partial charge in [-0.25, -0.2) is 0 Å². The SMILES string of the molecule is C=C[C@H]1CN2CC[C@H]1C[C@H]2[C@H](O)c1ccnc2ccc(OC)cc12.CC(=O)S[C@@H](Cc1ccccc1)C(=O)O. The molecule has 2 bridgehead atoms. The zero-order valence-corrected chi connectivity index (χ0v) is 23.2. The van der Waals surface area contributed by atoms with Crippen LogP contribution in [0.25, 0.3) is 10.9 Å². The fourth-order valence-corrected chi connectivity index (χ4v) is 6.43. The fraction of sp³-hybridized carbons (Fsp3) is 0.387. The molecular weight excluding hydrogens is 512 g/mol. The molecule has 3 aliphatic heterocycles. The summed E-state index contributed by atoms with van der Waals surface area (Å²) in [5.41, 5.74) is 2.78. The fourth-order valence-electron chi connectivity index (χ4n) is 5.65. The Bertz CT molecular complexity index is 1300. The Morgan fingerprint density at radius 3 is 2.62 bits per heavy atom. The van der Waals surface area contributed by atoms with Gasteiger partial charge in [0.05, 0.1) is 18.7 Å². The van der Waals surface area contributed by atoms with E-state index in [9.17, 15) is 14.7 Å². The van der Waals surface area contributed by atoms with Gasteiger partial charge in [0.1, 0.15) is 11.0 Å². The molecule has 0 amide bonds. The maximum Gasteiger partial charge on any atom is 0.317 e. The van der Waals surface area contributed by atoms with Crippen LogP contribution in [0.1, 0.15) is 37.0 Å². The van der Waals surface area contributed by atoms with E-state index in [1.54, 1.807) is 13.3 Å². The van der Waals surface area contributed by atoms with Gasteiger partial charge < -0.3 is 14.9 Å². The molecule has 0 radical (unpaired) electrons. The number of thioether (sulfide) groups is 1. The summed E-state index contributed by atoms with van der Waals surface area (Å²) in [6, 6.07) is 17.3. The second kappa shape index (κ2) is 13.2. The summed E-state index contributed by atoms with van der Waals surface area (Å²) in [5, 5.41) is 20.2. The number of hydrogen-bond donors (Lipinski definition) is 2. The summed E-state index contributed by atoms with van der Waals surface area (Å²) in [4.78, 5) is 28.6. The molecule has 1 aromatic heterocycles. The summed E-state index contributed by atoms with van der Waals surface area (Å²) >= 11 is 0.864. The number of nitrogens with zero attached hydrogens (tertiary/aromatic N) is 2. The molecule has 3 aromatic rings. The topological polar surface area (TPSA) is 100.0 Å². The standard InChI is InChI=1S/C20H24N2O2.C11H12O3S/c1-3-13-12-22-9-7-14(13)10-19(22)20(23)16-6-8-21-18-5-4-15(24-2)11-17(16)18;1-8(12)15-10(11(13)14)7-9-5-3-2-4-6-9/h3-6,8,11,13-14,19-20,23H,1,7,9-10,12H2,2H3;2-6,10H,7H2,1H3,(H,13,14)/t13-,14-,19-,20+;10-/m00/s1. The lowest BCUT2D eigenvalue weighted by Gasteiger charge is -2.50. The second-order valence-corrected chi connectivity index (χ2v) is 11.5. The second-order valence-electron chi connectivity index (χ2n) is 10.1. The summed E-state index contributed by atoms with van der Waals surface area (Å²) in [6.45, 7) is 7.45. The van der Waals surface area contributed by atoms with E-state index in [0.29, 0.717) is 18.3 Å². The van der Waals surface area contributed by atoms with Gasteiger partial charge in [0.2, 0.25) is 0 Å². The smallest absolute Gasteiger partial charge is 0.317 e. The van der Waals surface area contributed by atoms with Crippen LogP contribution in [-0.4, -0.2) is 62.7 Å². The molecule has 4 heterocycles. The van der Waals surface area contributed by atoms with Gasteiger partial charge in [-0.05, 0) is 73.0 Å². The number of methoxy groups -OCH3 is 1. The maximum absolute atomic E-state index is 11.2. The first-order valence-electron chi connectivity index (χ1n) is 13.2. The molecule has 39 heavy (non-hydrogen) atoms. The lowest BCUT2D eigenvalue weighted by Crippen LogP contribution is -2.54. The molecule has 0 aliphatic carbocycles. The van der Waals surface area contributed by atoms with Gasteiger partial charge in [-0.2, -0.15) is 0 Å². The summed E-state index contributed by atoms with van der Waals surface area (Å²) in [5.74, 6) is 1.06. The number of ether oxygens (including phenoxy) is 1. The Morgan fingerprint density at radius 1 is 1.23 bits per heavy atom. The van der Waals surface area contributed by atoms with Crippen LogP contribution in [0.3, 0.4) is 0 Å². The first-order chi connectivity index (χ1) is 18.8. The van der Waals surface area contributed by atoms with Gasteiger partial charge >= 0.3 is 5.97 Å².